The molecule has 0 aliphatic carbocycles. The molecular weight excluding hydrogens is 440 g/mol. The number of hydrogen-bond acceptors (Lipinski definition) is 5. The van der Waals surface area contributed by atoms with Crippen LogP contribution in [0, 0.1) is 5.92 Å². The van der Waals surface area contributed by atoms with Crippen LogP contribution in [-0.4, -0.2) is 35.9 Å². The average molecular weight is 461 g/mol. The lowest BCUT2D eigenvalue weighted by Crippen LogP contribution is -2.34. The second-order valence-corrected chi connectivity index (χ2v) is 9.64. The van der Waals surface area contributed by atoms with Crippen molar-refractivity contribution in [2.24, 2.45) is 5.92 Å². The molecule has 11 heteroatoms. The van der Waals surface area contributed by atoms with E-state index in [0.29, 0.717) is 17.9 Å². The predicted octanol–water partition coefficient (Wildman–Crippen LogP) is 2.84. The number of nitrogens with zero attached hydrogens (tertiary/aromatic N) is 4. The zero-order chi connectivity index (χ0) is 23.1. The highest BCUT2D eigenvalue weighted by Crippen LogP contribution is 2.44. The van der Waals surface area contributed by atoms with Crippen molar-refractivity contribution in [3.05, 3.63) is 66.0 Å². The molecule has 32 heavy (non-hydrogen) atoms. The fraction of sp³-hybridized carbons (Fsp3) is 0.286. The van der Waals surface area contributed by atoms with Crippen LogP contribution in [0.3, 0.4) is 0 Å². The molecule has 0 saturated heterocycles. The first-order valence-corrected chi connectivity index (χ1v) is 11.4. The van der Waals surface area contributed by atoms with E-state index in [-0.39, 0.29) is 28.6 Å². The number of carbonyl (C=O) groups excluding carboxylic acids is 1. The van der Waals surface area contributed by atoms with Crippen molar-refractivity contribution in [2.75, 3.05) is 11.4 Å². The maximum Gasteiger partial charge on any atom is 0.352 e. The summed E-state index contributed by atoms with van der Waals surface area (Å²) < 4.78 is 57.2. The van der Waals surface area contributed by atoms with Crippen LogP contribution in [0.25, 0.3) is 5.69 Å². The van der Waals surface area contributed by atoms with Crippen LogP contribution in [-0.2, 0) is 27.3 Å². The molecule has 0 fully saturated rings. The normalized spacial score (nSPS) is 15.4. The number of amides is 1. The van der Waals surface area contributed by atoms with E-state index in [1.54, 1.807) is 18.2 Å². The van der Waals surface area contributed by atoms with Crippen LogP contribution in [0.1, 0.15) is 25.1 Å². The molecule has 0 radical (unpaired) electrons. The van der Waals surface area contributed by atoms with Gasteiger partial charge in [0.15, 0.2) is 0 Å². The summed E-state index contributed by atoms with van der Waals surface area (Å²) in [5.41, 5.74) is 0.645. The molecule has 0 bridgehead atoms. The van der Waals surface area contributed by atoms with Crippen molar-refractivity contribution in [3.63, 3.8) is 0 Å². The number of hydrogen-bond donors (Lipinski definition) is 1. The summed E-state index contributed by atoms with van der Waals surface area (Å²) >= 11 is 0. The molecule has 2 heterocycles. The van der Waals surface area contributed by atoms with Crippen LogP contribution in [0.4, 0.5) is 14.5 Å². The number of nitrogens with one attached hydrogen (secondary N) is 1. The minimum atomic E-state index is -3.62. The summed E-state index contributed by atoms with van der Waals surface area (Å²) in [6.45, 7) is 3.97. The number of para-hydroxylation sites is 1. The summed E-state index contributed by atoms with van der Waals surface area (Å²) in [7, 11) is -3.62. The first-order valence-electron chi connectivity index (χ1n) is 9.90. The highest BCUT2D eigenvalue weighted by Gasteiger charge is 2.52. The first kappa shape index (κ1) is 22.0. The number of rotatable bonds is 7. The lowest BCUT2D eigenvalue weighted by atomic mass is 10.1. The van der Waals surface area contributed by atoms with Gasteiger partial charge in [-0.1, -0.05) is 37.3 Å². The average Bonchev–Trinajstić information content (AvgIpc) is 3.31. The summed E-state index contributed by atoms with van der Waals surface area (Å²) in [4.78, 5) is 13.4. The van der Waals surface area contributed by atoms with Gasteiger partial charge < -0.3 is 4.90 Å². The fourth-order valence-electron chi connectivity index (χ4n) is 3.32. The Bertz CT molecular complexity index is 1260. The molecule has 1 amide bonds. The van der Waals surface area contributed by atoms with E-state index in [4.69, 9.17) is 0 Å². The highest BCUT2D eigenvalue weighted by molar-refractivity contribution is 7.89. The molecule has 2 aromatic carbocycles. The zero-order valence-electron chi connectivity index (χ0n) is 17.4. The van der Waals surface area contributed by atoms with Gasteiger partial charge >= 0.3 is 11.8 Å². The molecule has 8 nitrogen and oxygen atoms in total. The third-order valence-corrected chi connectivity index (χ3v) is 6.44. The van der Waals surface area contributed by atoms with Gasteiger partial charge in [-0.05, 0) is 36.2 Å². The van der Waals surface area contributed by atoms with Gasteiger partial charge in [-0.15, -0.1) is 5.10 Å². The van der Waals surface area contributed by atoms with Gasteiger partial charge in [0.05, 0.1) is 34.6 Å². The van der Waals surface area contributed by atoms with Crippen molar-refractivity contribution < 1.29 is 22.0 Å². The van der Waals surface area contributed by atoms with Gasteiger partial charge in [-0.3, -0.25) is 4.79 Å². The molecular formula is C21H21F2N5O3S. The van der Waals surface area contributed by atoms with Crippen molar-refractivity contribution in [1.82, 2.24) is 19.7 Å². The lowest BCUT2D eigenvalue weighted by Gasteiger charge is -2.15. The summed E-state index contributed by atoms with van der Waals surface area (Å²) in [6, 6.07) is 11.8. The van der Waals surface area contributed by atoms with Gasteiger partial charge in [0, 0.05) is 6.54 Å². The van der Waals surface area contributed by atoms with Crippen molar-refractivity contribution in [2.45, 2.75) is 31.2 Å². The van der Waals surface area contributed by atoms with E-state index in [9.17, 15) is 22.0 Å². The van der Waals surface area contributed by atoms with Crippen LogP contribution >= 0.6 is 0 Å². The maximum atomic E-state index is 14.3. The second kappa shape index (κ2) is 8.06. The predicted molar refractivity (Wildman–Crippen MR) is 113 cm³/mol. The third kappa shape index (κ3) is 4.00. The number of anilines is 1. The number of alkyl halides is 2. The molecule has 0 saturated carbocycles. The van der Waals surface area contributed by atoms with Crippen LogP contribution in [0.5, 0.6) is 0 Å². The topological polar surface area (TPSA) is 97.2 Å². The minimum Gasteiger partial charge on any atom is -0.300 e. The van der Waals surface area contributed by atoms with Gasteiger partial charge in [-0.25, -0.2) is 17.8 Å². The Morgan fingerprint density at radius 1 is 1.09 bits per heavy atom. The number of carbonyl (C=O) groups is 1. The quantitative estimate of drug-likeness (QED) is 0.584. The Labute approximate surface area is 183 Å². The number of aromatic nitrogens is 3. The second-order valence-electron chi connectivity index (χ2n) is 7.88. The lowest BCUT2D eigenvalue weighted by molar-refractivity contribution is -0.141. The fourth-order valence-corrected chi connectivity index (χ4v) is 4.54. The van der Waals surface area contributed by atoms with Crippen molar-refractivity contribution in [1.29, 1.82) is 0 Å². The SMILES string of the molecule is CC(C)CNS(=O)(=O)c1ccc(-n2cc(CN3C(=O)C(F)(F)c4ccccc43)nn2)cc1. The molecule has 168 valence electrons. The van der Waals surface area contributed by atoms with E-state index in [0.717, 1.165) is 4.90 Å². The van der Waals surface area contributed by atoms with Gasteiger partial charge in [0.25, 0.3) is 0 Å². The molecule has 1 aromatic heterocycles. The van der Waals surface area contributed by atoms with E-state index in [1.807, 2.05) is 13.8 Å². The third-order valence-electron chi connectivity index (χ3n) is 5.00. The zero-order valence-corrected chi connectivity index (χ0v) is 18.2. The first-order chi connectivity index (χ1) is 15.1. The van der Waals surface area contributed by atoms with Gasteiger partial charge in [-0.2, -0.15) is 8.78 Å². The highest BCUT2D eigenvalue weighted by atomic mass is 32.2. The Balaban J connectivity index is 1.52. The van der Waals surface area contributed by atoms with Crippen molar-refractivity contribution in [3.8, 4) is 5.69 Å². The van der Waals surface area contributed by atoms with Gasteiger partial charge in [0.2, 0.25) is 10.0 Å². The van der Waals surface area contributed by atoms with Crippen LogP contribution in [0.2, 0.25) is 0 Å². The van der Waals surface area contributed by atoms with E-state index >= 15 is 0 Å². The van der Waals surface area contributed by atoms with E-state index < -0.39 is 21.9 Å². The maximum absolute atomic E-state index is 14.3. The molecule has 0 spiro atoms. The monoisotopic (exact) mass is 461 g/mol. The van der Waals surface area contributed by atoms with Crippen LogP contribution < -0.4 is 9.62 Å². The molecule has 4 rings (SSSR count). The Morgan fingerprint density at radius 3 is 2.47 bits per heavy atom. The summed E-state index contributed by atoms with van der Waals surface area (Å²) in [6.07, 6.45) is 1.51. The number of sulfonamides is 1. The molecule has 0 atom stereocenters. The van der Waals surface area contributed by atoms with Crippen LogP contribution in [0.15, 0.2) is 59.6 Å². The van der Waals surface area contributed by atoms with E-state index in [2.05, 4.69) is 15.0 Å². The Morgan fingerprint density at radius 2 is 1.78 bits per heavy atom. The smallest absolute Gasteiger partial charge is 0.300 e. The van der Waals surface area contributed by atoms with Gasteiger partial charge in [0.1, 0.15) is 5.69 Å². The molecule has 1 aliphatic rings. The molecule has 0 unspecified atom stereocenters. The molecule has 1 aliphatic heterocycles. The molecule has 3 aromatic rings. The molecule has 1 N–H and O–H groups in total. The van der Waals surface area contributed by atoms with E-state index in [1.165, 1.54) is 41.2 Å². The minimum absolute atomic E-state index is 0.115. The largest absolute Gasteiger partial charge is 0.352 e. The number of fused-ring (bicyclic) bond motifs is 1. The summed E-state index contributed by atoms with van der Waals surface area (Å²) in [5, 5.41) is 7.95. The number of halogens is 2. The Kier molecular flexibility index (Phi) is 5.55. The Hall–Kier alpha value is -3.18. The standard InChI is InChI=1S/C21H21F2N5O3S/c1-14(2)11-24-32(30,31)17-9-7-16(8-10-17)28-13-15(25-26-28)12-27-19-6-4-3-5-18(19)21(22,23)20(27)29/h3-10,13-14,24H,11-12H2,1-2H3. The number of benzene rings is 2. The summed E-state index contributed by atoms with van der Waals surface area (Å²) in [5.74, 6) is -4.72. The van der Waals surface area contributed by atoms with Crippen molar-refractivity contribution >= 4 is 21.6 Å².